The smallest absolute Gasteiger partial charge is 0.388 e. The lowest BCUT2D eigenvalue weighted by atomic mass is 10.5. The second kappa shape index (κ2) is 16.0. The Morgan fingerprint density at radius 3 is 0.969 bits per heavy atom. The molecule has 0 aromatic heterocycles. The van der Waals surface area contributed by atoms with Crippen molar-refractivity contribution < 1.29 is 44.8 Å². The second-order valence-electron chi connectivity index (χ2n) is 10.5. The van der Waals surface area contributed by atoms with Gasteiger partial charge in [-0.3, -0.25) is 0 Å². The molecule has 0 rings (SSSR count). The van der Waals surface area contributed by atoms with E-state index >= 15 is 0 Å². The SMILES string of the molecule is CO[Si](C)(C)C.CO[Si](C)(C)CCC(F)(F)F.C[Si](C)(C)O.C[Si](C)(O)CCC(F)(F)F. The molecule has 0 fully saturated rings. The van der Waals surface area contributed by atoms with Crippen molar-refractivity contribution >= 4 is 33.3 Å². The summed E-state index contributed by atoms with van der Waals surface area (Å²) in [5.41, 5.74) is 0. The summed E-state index contributed by atoms with van der Waals surface area (Å²) in [4.78, 5) is 17.7. The zero-order chi connectivity index (χ0) is 27.2. The first kappa shape index (κ1) is 39.5. The molecule has 0 heterocycles. The van der Waals surface area contributed by atoms with Crippen molar-refractivity contribution in [1.29, 1.82) is 0 Å². The lowest BCUT2D eigenvalue weighted by Crippen LogP contribution is -2.30. The number of alkyl halides is 6. The predicted octanol–water partition coefficient (Wildman–Crippen LogP) is 7.21. The highest BCUT2D eigenvalue weighted by Gasteiger charge is 2.32. The van der Waals surface area contributed by atoms with Crippen LogP contribution in [-0.2, 0) is 8.85 Å². The van der Waals surface area contributed by atoms with Crippen molar-refractivity contribution in [3.05, 3.63) is 0 Å². The van der Waals surface area contributed by atoms with E-state index in [1.165, 1.54) is 20.2 Å². The minimum absolute atomic E-state index is 0.101. The average Bonchev–Trinajstić information content (AvgIpc) is 2.48. The van der Waals surface area contributed by atoms with Gasteiger partial charge in [0.15, 0.2) is 33.3 Å². The third kappa shape index (κ3) is 63.1. The molecule has 14 heteroatoms. The van der Waals surface area contributed by atoms with Gasteiger partial charge in [-0.1, -0.05) is 0 Å². The molecule has 0 spiro atoms. The predicted molar refractivity (Wildman–Crippen MR) is 131 cm³/mol. The lowest BCUT2D eigenvalue weighted by molar-refractivity contribution is -0.132. The molecule has 0 aliphatic rings. The van der Waals surface area contributed by atoms with Crippen LogP contribution in [0.15, 0.2) is 0 Å². The number of rotatable bonds is 6. The summed E-state index contributed by atoms with van der Waals surface area (Å²) in [7, 11) is -3.99. The Hall–Kier alpha value is 0.288. The maximum atomic E-state index is 11.7. The van der Waals surface area contributed by atoms with Crippen LogP contribution < -0.4 is 0 Å². The van der Waals surface area contributed by atoms with Gasteiger partial charge in [0, 0.05) is 27.1 Å². The van der Waals surface area contributed by atoms with Crippen molar-refractivity contribution in [2.24, 2.45) is 0 Å². The molecule has 0 bridgehead atoms. The zero-order valence-corrected chi connectivity index (χ0v) is 25.8. The Morgan fingerprint density at radius 1 is 0.594 bits per heavy atom. The van der Waals surface area contributed by atoms with E-state index < -0.39 is 58.5 Å². The van der Waals surface area contributed by atoms with Crippen LogP contribution in [0, 0.1) is 0 Å². The lowest BCUT2D eigenvalue weighted by Gasteiger charge is -2.20. The van der Waals surface area contributed by atoms with Crippen LogP contribution in [0.25, 0.3) is 0 Å². The van der Waals surface area contributed by atoms with Gasteiger partial charge < -0.3 is 18.4 Å². The molecule has 4 nitrogen and oxygen atoms in total. The highest BCUT2D eigenvalue weighted by Crippen LogP contribution is 2.26. The van der Waals surface area contributed by atoms with Crippen LogP contribution in [0.5, 0.6) is 0 Å². The normalized spacial score (nSPS) is 13.1. The summed E-state index contributed by atoms with van der Waals surface area (Å²) in [6.07, 6.45) is -9.74. The van der Waals surface area contributed by atoms with Gasteiger partial charge in [-0.05, 0) is 77.6 Å². The number of halogens is 6. The minimum atomic E-state index is -4.12. The highest BCUT2D eigenvalue weighted by atomic mass is 28.4. The fourth-order valence-corrected chi connectivity index (χ4v) is 2.98. The quantitative estimate of drug-likeness (QED) is 0.270. The average molecular weight is 553 g/mol. The van der Waals surface area contributed by atoms with E-state index in [4.69, 9.17) is 18.4 Å². The number of hydrogen-bond acceptors (Lipinski definition) is 4. The van der Waals surface area contributed by atoms with E-state index in [2.05, 4.69) is 19.6 Å². The number of hydrogen-bond donors (Lipinski definition) is 2. The third-order valence-electron chi connectivity index (χ3n) is 3.20. The van der Waals surface area contributed by atoms with Gasteiger partial charge in [0.25, 0.3) is 0 Å². The van der Waals surface area contributed by atoms with Crippen molar-refractivity contribution in [2.45, 2.75) is 103 Å². The maximum absolute atomic E-state index is 11.7. The molecule has 0 unspecified atom stereocenters. The monoisotopic (exact) mass is 552 g/mol. The summed E-state index contributed by atoms with van der Waals surface area (Å²) in [6, 6.07) is 0.0451. The maximum Gasteiger partial charge on any atom is 0.388 e. The van der Waals surface area contributed by atoms with Gasteiger partial charge in [-0.25, -0.2) is 0 Å². The molecule has 0 saturated carbocycles. The van der Waals surface area contributed by atoms with Crippen LogP contribution >= 0.6 is 0 Å². The summed E-state index contributed by atoms with van der Waals surface area (Å²) in [5.74, 6) is 0. The Kier molecular flexibility index (Phi) is 19.8. The van der Waals surface area contributed by atoms with Crippen molar-refractivity contribution in [1.82, 2.24) is 0 Å². The Bertz CT molecular complexity index is 435. The Balaban J connectivity index is -0.000000172. The van der Waals surface area contributed by atoms with Gasteiger partial charge in [-0.15, -0.1) is 0 Å². The molecule has 0 amide bonds. The standard InChI is InChI=1S/C6H13F3OSi.C5H11F3OSi.C4H12OSi.C3H10OSi/c1-10-11(2,3)5-4-6(7,8)9;1-10(2,9)4-3-5(6,7)8;1-5-6(2,3)4;1-5(2,3)4/h4-5H2,1-3H3;9H,3-4H2,1-2H3;1-4H3;4H,1-3H3. The summed E-state index contributed by atoms with van der Waals surface area (Å²) >= 11 is 0. The zero-order valence-electron chi connectivity index (χ0n) is 21.8. The Morgan fingerprint density at radius 2 is 0.844 bits per heavy atom. The fourth-order valence-electron chi connectivity index (χ4n) is 0.992. The van der Waals surface area contributed by atoms with Gasteiger partial charge in [-0.2, -0.15) is 26.3 Å². The van der Waals surface area contributed by atoms with E-state index in [1.54, 1.807) is 20.2 Å². The molecule has 0 aromatic carbocycles. The molecular formula is C18H46F6O4Si4. The minimum Gasteiger partial charge on any atom is -0.433 e. The van der Waals surface area contributed by atoms with Crippen molar-refractivity contribution in [3.63, 3.8) is 0 Å². The van der Waals surface area contributed by atoms with Gasteiger partial charge in [0.1, 0.15) is 0 Å². The van der Waals surface area contributed by atoms with Crippen molar-refractivity contribution in [3.8, 4) is 0 Å². The molecule has 0 aromatic rings. The van der Waals surface area contributed by atoms with Crippen LogP contribution in [-0.4, -0.2) is 69.4 Å². The van der Waals surface area contributed by atoms with E-state index in [9.17, 15) is 26.3 Å². The molecule has 0 radical (unpaired) electrons. The van der Waals surface area contributed by atoms with Gasteiger partial charge >= 0.3 is 12.4 Å². The second-order valence-corrected chi connectivity index (χ2v) is 28.0. The van der Waals surface area contributed by atoms with E-state index in [0.29, 0.717) is 0 Å². The van der Waals surface area contributed by atoms with Crippen LogP contribution in [0.2, 0.25) is 77.6 Å². The largest absolute Gasteiger partial charge is 0.433 e. The van der Waals surface area contributed by atoms with Crippen LogP contribution in [0.4, 0.5) is 26.3 Å². The molecule has 0 saturated heterocycles. The topological polar surface area (TPSA) is 58.9 Å². The first-order valence-electron chi connectivity index (χ1n) is 10.2. The van der Waals surface area contributed by atoms with Gasteiger partial charge in [0.2, 0.25) is 0 Å². The molecule has 32 heavy (non-hydrogen) atoms. The van der Waals surface area contributed by atoms with Crippen molar-refractivity contribution in [2.75, 3.05) is 14.2 Å². The summed E-state index contributed by atoms with van der Waals surface area (Å²) in [5, 5.41) is 0. The van der Waals surface area contributed by atoms with Crippen LogP contribution in [0.1, 0.15) is 12.8 Å². The molecule has 200 valence electrons. The molecule has 2 N–H and O–H groups in total. The van der Waals surface area contributed by atoms with E-state index in [-0.39, 0.29) is 12.1 Å². The first-order chi connectivity index (χ1) is 13.5. The first-order valence-corrected chi connectivity index (χ1v) is 23.3. The molecule has 0 aliphatic heterocycles. The molecule has 0 atom stereocenters. The van der Waals surface area contributed by atoms with E-state index in [1.807, 2.05) is 19.6 Å². The summed E-state index contributed by atoms with van der Waals surface area (Å²) in [6.45, 7) is 18.7. The van der Waals surface area contributed by atoms with E-state index in [0.717, 1.165) is 0 Å². The summed E-state index contributed by atoms with van der Waals surface area (Å²) < 4.78 is 79.6. The Labute approximate surface area is 195 Å². The fraction of sp³-hybridized carbons (Fsp3) is 1.00. The van der Waals surface area contributed by atoms with Crippen LogP contribution in [0.3, 0.4) is 0 Å². The molecular weight excluding hydrogens is 507 g/mol. The third-order valence-corrected chi connectivity index (χ3v) is 8.45. The molecule has 0 aliphatic carbocycles. The van der Waals surface area contributed by atoms with Gasteiger partial charge in [0.05, 0.1) is 0 Å². The highest BCUT2D eigenvalue weighted by molar-refractivity contribution is 6.71.